The Morgan fingerprint density at radius 1 is 1.00 bits per heavy atom. The van der Waals surface area contributed by atoms with Crippen LogP contribution in [0.25, 0.3) is 0 Å². The summed E-state index contributed by atoms with van der Waals surface area (Å²) in [5.41, 5.74) is 6.72. The van der Waals surface area contributed by atoms with Crippen molar-refractivity contribution in [1.29, 1.82) is 0 Å². The quantitative estimate of drug-likeness (QED) is 0.444. The lowest BCUT2D eigenvalue weighted by Gasteiger charge is -2.16. The molecule has 0 aliphatic rings. The van der Waals surface area contributed by atoms with Crippen LogP contribution in [-0.2, 0) is 0 Å². The van der Waals surface area contributed by atoms with Gasteiger partial charge in [0.2, 0.25) is 0 Å². The fraction of sp³-hybridized carbons (Fsp3) is 0.538. The highest BCUT2D eigenvalue weighted by atomic mass is 28.3. The van der Waals surface area contributed by atoms with Gasteiger partial charge in [0.15, 0.2) is 0 Å². The van der Waals surface area contributed by atoms with Crippen LogP contribution in [0.5, 0.6) is 0 Å². The van der Waals surface area contributed by atoms with Crippen molar-refractivity contribution in [2.24, 2.45) is 0 Å². The van der Waals surface area contributed by atoms with Gasteiger partial charge in [-0.3, -0.25) is 0 Å². The van der Waals surface area contributed by atoms with Gasteiger partial charge in [-0.1, -0.05) is 56.1 Å². The molecule has 0 bridgehead atoms. The third kappa shape index (κ3) is 7.57. The lowest BCUT2D eigenvalue weighted by Crippen LogP contribution is -2.21. The molecule has 0 atom stereocenters. The fourth-order valence-electron chi connectivity index (χ4n) is 1.23. The molecule has 0 nitrogen and oxygen atoms in total. The Labute approximate surface area is 97.8 Å². The highest BCUT2D eigenvalue weighted by Gasteiger charge is 2.14. The zero-order valence-corrected chi connectivity index (χ0v) is 12.8. The summed E-state index contributed by atoms with van der Waals surface area (Å²) in [6, 6.07) is 1.36. The minimum Gasteiger partial charge on any atom is -0.107 e. The summed E-state index contributed by atoms with van der Waals surface area (Å²) in [4.78, 5) is 0. The van der Waals surface area contributed by atoms with E-state index in [1.807, 2.05) is 0 Å². The van der Waals surface area contributed by atoms with Gasteiger partial charge in [0.25, 0.3) is 0 Å². The van der Waals surface area contributed by atoms with Crippen LogP contribution in [0, 0.1) is 0 Å². The molecule has 0 spiro atoms. The molecule has 0 aliphatic heterocycles. The molecule has 0 amide bonds. The topological polar surface area (TPSA) is 0 Å². The molecule has 0 N–H and O–H groups in total. The van der Waals surface area contributed by atoms with Gasteiger partial charge in [-0.25, -0.2) is 0 Å². The first kappa shape index (κ1) is 14.7. The monoisotopic (exact) mass is 238 g/mol. The Balaban J connectivity index is 3.81. The van der Waals surface area contributed by atoms with E-state index >= 15 is 0 Å². The smallest absolute Gasteiger partial charge is 0.0945 e. The molecule has 0 heterocycles. The van der Waals surface area contributed by atoms with Gasteiger partial charge in [-0.2, -0.15) is 0 Å². The van der Waals surface area contributed by atoms with Crippen molar-refractivity contribution in [3.8, 4) is 0 Å². The van der Waals surface area contributed by atoms with Crippen LogP contribution in [0.1, 0.15) is 12.8 Å². The van der Waals surface area contributed by atoms with Crippen LogP contribution in [-0.4, -0.2) is 16.1 Å². The molecule has 2 heteroatoms. The van der Waals surface area contributed by atoms with Gasteiger partial charge >= 0.3 is 0 Å². The van der Waals surface area contributed by atoms with Gasteiger partial charge < -0.3 is 0 Å². The molecular weight excluding hydrogens is 212 g/mol. The number of unbranched alkanes of at least 4 members (excludes halogenated alkanes) is 1. The van der Waals surface area contributed by atoms with E-state index in [2.05, 4.69) is 62.5 Å². The van der Waals surface area contributed by atoms with Crippen molar-refractivity contribution in [3.05, 3.63) is 36.3 Å². The summed E-state index contributed by atoms with van der Waals surface area (Å²) in [5, 5.41) is 0. The molecule has 0 fully saturated rings. The lowest BCUT2D eigenvalue weighted by atomic mass is 10.3. The highest BCUT2D eigenvalue weighted by Crippen LogP contribution is 2.15. The minimum absolute atomic E-state index is 1.06. The first-order valence-corrected chi connectivity index (χ1v) is 12.2. The molecule has 0 aliphatic carbocycles. The van der Waals surface area contributed by atoms with Crippen LogP contribution >= 0.6 is 0 Å². The molecule has 0 aromatic heterocycles. The van der Waals surface area contributed by atoms with Gasteiger partial charge in [0.05, 0.1) is 16.1 Å². The summed E-state index contributed by atoms with van der Waals surface area (Å²) < 4.78 is 0. The van der Waals surface area contributed by atoms with E-state index in [-0.39, 0.29) is 0 Å². The van der Waals surface area contributed by atoms with E-state index in [1.165, 1.54) is 18.9 Å². The second-order valence-electron chi connectivity index (χ2n) is 5.51. The number of hydrogen-bond acceptors (Lipinski definition) is 0. The number of hydrogen-bond donors (Lipinski definition) is 0. The van der Waals surface area contributed by atoms with Crippen LogP contribution < -0.4 is 0 Å². The molecule has 86 valence electrons. The van der Waals surface area contributed by atoms with Crippen molar-refractivity contribution in [2.45, 2.75) is 45.1 Å². The Kier molecular flexibility index (Phi) is 6.14. The van der Waals surface area contributed by atoms with Crippen molar-refractivity contribution in [1.82, 2.24) is 0 Å². The zero-order chi connectivity index (χ0) is 11.9. The maximum Gasteiger partial charge on any atom is 0.0945 e. The van der Waals surface area contributed by atoms with Gasteiger partial charge in [0, 0.05) is 0 Å². The Bertz CT molecular complexity index is 237. The van der Waals surface area contributed by atoms with Crippen LogP contribution in [0.2, 0.25) is 32.2 Å². The van der Waals surface area contributed by atoms with Crippen molar-refractivity contribution < 1.29 is 0 Å². The van der Waals surface area contributed by atoms with E-state index in [4.69, 9.17) is 0 Å². The van der Waals surface area contributed by atoms with Crippen molar-refractivity contribution in [3.63, 3.8) is 0 Å². The molecule has 0 aromatic rings. The average molecular weight is 239 g/mol. The third-order valence-electron chi connectivity index (χ3n) is 2.82. The fourth-order valence-corrected chi connectivity index (χ4v) is 3.46. The Hall–Kier alpha value is -0.346. The molecule has 0 saturated carbocycles. The second-order valence-corrected chi connectivity index (χ2v) is 14.8. The van der Waals surface area contributed by atoms with Crippen LogP contribution in [0.3, 0.4) is 0 Å². The maximum atomic E-state index is 3.92. The zero-order valence-electron chi connectivity index (χ0n) is 10.8. The second kappa shape index (κ2) is 6.28. The summed E-state index contributed by atoms with van der Waals surface area (Å²) in [6.45, 7) is 17.2. The summed E-state index contributed by atoms with van der Waals surface area (Å²) in [5.74, 6) is 0. The van der Waals surface area contributed by atoms with E-state index in [0.29, 0.717) is 0 Å². The number of rotatable bonds is 7. The summed E-state index contributed by atoms with van der Waals surface area (Å²) in [6.07, 6.45) is 4.87. The standard InChI is InChI=1S/C13H26Si2/c1-7-14(3,4)12-10-9-11-13-15(5,6)8-2/h7-8,10,12H,1-2,9,11,13H2,3-6H3. The van der Waals surface area contributed by atoms with E-state index in [0.717, 1.165) is 0 Å². The predicted molar refractivity (Wildman–Crippen MR) is 78.5 cm³/mol. The van der Waals surface area contributed by atoms with Gasteiger partial charge in [-0.15, -0.1) is 18.9 Å². The van der Waals surface area contributed by atoms with Crippen molar-refractivity contribution in [2.75, 3.05) is 0 Å². The SMILES string of the molecule is C=C[Si](C)(C)C=CCCC[Si](C)(C)C=C. The molecule has 0 unspecified atom stereocenters. The molecular formula is C13H26Si2. The van der Waals surface area contributed by atoms with E-state index in [9.17, 15) is 0 Å². The van der Waals surface area contributed by atoms with E-state index in [1.54, 1.807) is 0 Å². The minimum atomic E-state index is -1.21. The third-order valence-corrected chi connectivity index (χ3v) is 7.71. The first-order chi connectivity index (χ1) is 6.83. The van der Waals surface area contributed by atoms with Crippen molar-refractivity contribution >= 4 is 16.1 Å². The van der Waals surface area contributed by atoms with Gasteiger partial charge in [-0.05, 0) is 6.42 Å². The van der Waals surface area contributed by atoms with E-state index < -0.39 is 16.1 Å². The average Bonchev–Trinajstić information content (AvgIpc) is 2.17. The normalized spacial score (nSPS) is 13.1. The number of allylic oxidation sites excluding steroid dienone is 1. The molecule has 0 aromatic carbocycles. The summed E-state index contributed by atoms with van der Waals surface area (Å²) >= 11 is 0. The van der Waals surface area contributed by atoms with Crippen LogP contribution in [0.4, 0.5) is 0 Å². The lowest BCUT2D eigenvalue weighted by molar-refractivity contribution is 0.938. The predicted octanol–water partition coefficient (Wildman–Crippen LogP) is 4.73. The molecule has 0 radical (unpaired) electrons. The Morgan fingerprint density at radius 3 is 2.07 bits per heavy atom. The molecule has 0 saturated heterocycles. The maximum absolute atomic E-state index is 3.92. The van der Waals surface area contributed by atoms with Crippen LogP contribution in [0.15, 0.2) is 36.3 Å². The summed E-state index contributed by atoms with van der Waals surface area (Å²) in [7, 11) is -2.27. The molecule has 15 heavy (non-hydrogen) atoms. The van der Waals surface area contributed by atoms with Gasteiger partial charge in [0.1, 0.15) is 0 Å². The Morgan fingerprint density at radius 2 is 1.60 bits per heavy atom. The largest absolute Gasteiger partial charge is 0.107 e. The molecule has 0 rings (SSSR count). The highest BCUT2D eigenvalue weighted by molar-refractivity contribution is 6.86. The first-order valence-electron chi connectivity index (χ1n) is 5.78.